The van der Waals surface area contributed by atoms with Gasteiger partial charge in [-0.2, -0.15) is 0 Å². The lowest BCUT2D eigenvalue weighted by Gasteiger charge is -2.08. The van der Waals surface area contributed by atoms with E-state index in [4.69, 9.17) is 38.6 Å². The van der Waals surface area contributed by atoms with Crippen molar-refractivity contribution in [1.29, 1.82) is 0 Å². The largest absolute Gasteiger partial charge is 0.491 e. The molecule has 0 saturated carbocycles. The molecule has 0 radical (unpaired) electrons. The Morgan fingerprint density at radius 2 is 1.10 bits per heavy atom. The van der Waals surface area contributed by atoms with Crippen LogP contribution >= 0.6 is 0 Å². The van der Waals surface area contributed by atoms with Gasteiger partial charge in [0.05, 0.1) is 72.7 Å². The van der Waals surface area contributed by atoms with Crippen LogP contribution in [0.4, 0.5) is 0 Å². The van der Waals surface area contributed by atoms with Crippen molar-refractivity contribution in [3.8, 4) is 5.75 Å². The Kier molecular flexibility index (Phi) is 21.7. The highest BCUT2D eigenvalue weighted by Crippen LogP contribution is 2.07. The van der Waals surface area contributed by atoms with Gasteiger partial charge in [-0.1, -0.05) is 24.8 Å². The summed E-state index contributed by atoms with van der Waals surface area (Å²) in [5, 5.41) is 16.1. The molecule has 0 heterocycles. The van der Waals surface area contributed by atoms with Crippen LogP contribution in [0.1, 0.15) is 0 Å². The van der Waals surface area contributed by atoms with E-state index in [2.05, 4.69) is 6.58 Å². The molecule has 172 valence electrons. The minimum Gasteiger partial charge on any atom is -0.491 e. The molecular formula is C21H34O9. The number of hydrogen-bond acceptors (Lipinski definition) is 8. The van der Waals surface area contributed by atoms with Gasteiger partial charge in [0, 0.05) is 6.08 Å². The molecule has 0 unspecified atom stereocenters. The van der Waals surface area contributed by atoms with E-state index in [1.807, 2.05) is 30.3 Å². The second-order valence-corrected chi connectivity index (χ2v) is 5.49. The maximum Gasteiger partial charge on any atom is 0.327 e. The summed E-state index contributed by atoms with van der Waals surface area (Å²) >= 11 is 0. The molecule has 0 fully saturated rings. The molecule has 0 spiro atoms. The summed E-state index contributed by atoms with van der Waals surface area (Å²) in [7, 11) is 0. The molecule has 1 aromatic carbocycles. The van der Waals surface area contributed by atoms with Gasteiger partial charge in [0.15, 0.2) is 0 Å². The average molecular weight is 430 g/mol. The molecule has 0 saturated heterocycles. The molecule has 9 nitrogen and oxygen atoms in total. The standard InChI is InChI=1S/C18H30O7.C3H4O2/c19-6-7-20-8-9-21-10-11-22-12-13-23-14-15-24-16-17-25-18-4-2-1-3-5-18;1-2-3(4)5/h1-5,19H,6-17H2;2H,1H2,(H,4,5). The number of aliphatic hydroxyl groups is 1. The maximum absolute atomic E-state index is 9.25. The number of aliphatic carboxylic acids is 1. The van der Waals surface area contributed by atoms with Gasteiger partial charge in [-0.05, 0) is 12.1 Å². The molecule has 0 aliphatic heterocycles. The van der Waals surface area contributed by atoms with Crippen LogP contribution in [-0.2, 0) is 28.5 Å². The predicted molar refractivity (Wildman–Crippen MR) is 111 cm³/mol. The number of rotatable bonds is 19. The van der Waals surface area contributed by atoms with E-state index in [0.717, 1.165) is 11.8 Å². The Labute approximate surface area is 178 Å². The Hall–Kier alpha value is -2.01. The first-order valence-corrected chi connectivity index (χ1v) is 9.73. The monoisotopic (exact) mass is 430 g/mol. The number of ether oxygens (including phenoxy) is 6. The van der Waals surface area contributed by atoms with Gasteiger partial charge >= 0.3 is 5.97 Å². The van der Waals surface area contributed by atoms with Gasteiger partial charge in [-0.15, -0.1) is 0 Å². The smallest absolute Gasteiger partial charge is 0.327 e. The lowest BCUT2D eigenvalue weighted by atomic mass is 10.3. The summed E-state index contributed by atoms with van der Waals surface area (Å²) in [6.45, 7) is 8.58. The van der Waals surface area contributed by atoms with E-state index in [0.29, 0.717) is 72.7 Å². The zero-order valence-corrected chi connectivity index (χ0v) is 17.4. The second-order valence-electron chi connectivity index (χ2n) is 5.49. The summed E-state index contributed by atoms with van der Waals surface area (Å²) < 4.78 is 32.0. The number of hydrogen-bond donors (Lipinski definition) is 2. The second kappa shape index (κ2) is 23.3. The number of carboxylic acid groups (broad SMARTS) is 1. The number of benzene rings is 1. The van der Waals surface area contributed by atoms with E-state index in [1.54, 1.807) is 0 Å². The normalized spacial score (nSPS) is 10.2. The van der Waals surface area contributed by atoms with Crippen molar-refractivity contribution in [3.05, 3.63) is 43.0 Å². The number of carboxylic acids is 1. The van der Waals surface area contributed by atoms with Gasteiger partial charge in [0.2, 0.25) is 0 Å². The minimum absolute atomic E-state index is 0.0373. The number of carbonyl (C=O) groups is 1. The SMILES string of the molecule is C=CC(=O)O.OCCOCCOCCOCCOCCOCCOc1ccccc1. The molecule has 1 aromatic rings. The summed E-state index contributed by atoms with van der Waals surface area (Å²) in [6.07, 6.45) is 0.833. The minimum atomic E-state index is -0.981. The lowest BCUT2D eigenvalue weighted by Crippen LogP contribution is -2.14. The summed E-state index contributed by atoms with van der Waals surface area (Å²) in [4.78, 5) is 9.25. The van der Waals surface area contributed by atoms with Crippen LogP contribution < -0.4 is 4.74 Å². The first-order chi connectivity index (χ1) is 14.7. The number of para-hydroxylation sites is 1. The summed E-state index contributed by atoms with van der Waals surface area (Å²) in [5.74, 6) is -0.133. The predicted octanol–water partition coefficient (Wildman–Crippen LogP) is 1.40. The molecule has 0 atom stereocenters. The third-order valence-corrected chi connectivity index (χ3v) is 3.14. The van der Waals surface area contributed by atoms with Crippen molar-refractivity contribution in [1.82, 2.24) is 0 Å². The Bertz CT molecular complexity index is 497. The van der Waals surface area contributed by atoms with E-state index < -0.39 is 5.97 Å². The van der Waals surface area contributed by atoms with Crippen molar-refractivity contribution < 1.29 is 43.4 Å². The fraction of sp³-hybridized carbons (Fsp3) is 0.571. The van der Waals surface area contributed by atoms with Crippen LogP contribution in [0.2, 0.25) is 0 Å². The van der Waals surface area contributed by atoms with E-state index >= 15 is 0 Å². The molecule has 1 rings (SSSR count). The van der Waals surface area contributed by atoms with Crippen LogP contribution in [0.25, 0.3) is 0 Å². The quantitative estimate of drug-likeness (QED) is 0.248. The van der Waals surface area contributed by atoms with Crippen LogP contribution in [-0.4, -0.2) is 95.5 Å². The fourth-order valence-corrected chi connectivity index (χ4v) is 1.78. The fourth-order valence-electron chi connectivity index (χ4n) is 1.78. The first-order valence-electron chi connectivity index (χ1n) is 9.73. The molecule has 2 N–H and O–H groups in total. The van der Waals surface area contributed by atoms with Gasteiger partial charge in [-0.3, -0.25) is 0 Å². The van der Waals surface area contributed by atoms with Crippen LogP contribution in [0.15, 0.2) is 43.0 Å². The molecule has 0 bridgehead atoms. The summed E-state index contributed by atoms with van der Waals surface area (Å²) in [5.41, 5.74) is 0. The zero-order chi connectivity index (χ0) is 22.1. The van der Waals surface area contributed by atoms with Gasteiger partial charge in [-0.25, -0.2) is 4.79 Å². The van der Waals surface area contributed by atoms with E-state index in [1.165, 1.54) is 0 Å². The van der Waals surface area contributed by atoms with Crippen molar-refractivity contribution >= 4 is 5.97 Å². The highest BCUT2D eigenvalue weighted by Gasteiger charge is 1.94. The Morgan fingerprint density at radius 1 is 0.733 bits per heavy atom. The zero-order valence-electron chi connectivity index (χ0n) is 17.4. The highest BCUT2D eigenvalue weighted by atomic mass is 16.6. The van der Waals surface area contributed by atoms with Crippen LogP contribution in [0, 0.1) is 0 Å². The van der Waals surface area contributed by atoms with Crippen molar-refractivity contribution in [2.24, 2.45) is 0 Å². The Morgan fingerprint density at radius 3 is 1.47 bits per heavy atom. The summed E-state index contributed by atoms with van der Waals surface area (Å²) in [6, 6.07) is 9.66. The number of aliphatic hydroxyl groups excluding tert-OH is 1. The topological polar surface area (TPSA) is 113 Å². The average Bonchev–Trinajstić information content (AvgIpc) is 2.77. The molecule has 0 aliphatic carbocycles. The van der Waals surface area contributed by atoms with Gasteiger partial charge < -0.3 is 38.6 Å². The van der Waals surface area contributed by atoms with Crippen LogP contribution in [0.3, 0.4) is 0 Å². The highest BCUT2D eigenvalue weighted by molar-refractivity contribution is 5.78. The maximum atomic E-state index is 9.25. The molecule has 9 heteroatoms. The van der Waals surface area contributed by atoms with Crippen molar-refractivity contribution in [3.63, 3.8) is 0 Å². The van der Waals surface area contributed by atoms with Gasteiger partial charge in [0.25, 0.3) is 0 Å². The third kappa shape index (κ3) is 22.3. The van der Waals surface area contributed by atoms with E-state index in [9.17, 15) is 4.79 Å². The van der Waals surface area contributed by atoms with E-state index in [-0.39, 0.29) is 6.61 Å². The van der Waals surface area contributed by atoms with Gasteiger partial charge in [0.1, 0.15) is 12.4 Å². The molecule has 30 heavy (non-hydrogen) atoms. The third-order valence-electron chi connectivity index (χ3n) is 3.14. The van der Waals surface area contributed by atoms with Crippen LogP contribution in [0.5, 0.6) is 5.75 Å². The molecule has 0 aromatic heterocycles. The Balaban J connectivity index is 0.00000150. The molecule has 0 aliphatic rings. The molecule has 0 amide bonds. The first kappa shape index (κ1) is 28.0. The molecular weight excluding hydrogens is 396 g/mol. The lowest BCUT2D eigenvalue weighted by molar-refractivity contribution is -0.131. The van der Waals surface area contributed by atoms with Crippen molar-refractivity contribution in [2.75, 3.05) is 79.3 Å². The van der Waals surface area contributed by atoms with Crippen molar-refractivity contribution in [2.45, 2.75) is 0 Å².